The molecule has 0 aliphatic rings. The van der Waals surface area contributed by atoms with Crippen LogP contribution < -0.4 is 4.74 Å². The van der Waals surface area contributed by atoms with Gasteiger partial charge in [0.15, 0.2) is 0 Å². The van der Waals surface area contributed by atoms with E-state index in [-0.39, 0.29) is 0 Å². The van der Waals surface area contributed by atoms with Crippen LogP contribution in [0.5, 0.6) is 5.75 Å². The van der Waals surface area contributed by atoms with Crippen LogP contribution in [0.4, 0.5) is 0 Å². The van der Waals surface area contributed by atoms with E-state index in [4.69, 9.17) is 4.74 Å². The van der Waals surface area contributed by atoms with Crippen molar-refractivity contribution in [1.29, 1.82) is 0 Å². The molecule has 1 aromatic heterocycles. The number of nitrogens with one attached hydrogen (secondary N) is 1. The monoisotopic (exact) mass is 277 g/mol. The van der Waals surface area contributed by atoms with Crippen molar-refractivity contribution in [2.24, 2.45) is 0 Å². The highest BCUT2D eigenvalue weighted by Gasteiger charge is 2.01. The lowest BCUT2D eigenvalue weighted by Gasteiger charge is -2.08. The molecule has 0 aliphatic heterocycles. The van der Waals surface area contributed by atoms with E-state index in [0.717, 1.165) is 41.9 Å². The summed E-state index contributed by atoms with van der Waals surface area (Å²) in [6.07, 6.45) is 2.15. The summed E-state index contributed by atoms with van der Waals surface area (Å²) < 4.78 is 5.75. The standard InChI is InChI=1S/C14H19N3OS/c1-11-7-3-4-8-13(11)18-9-5-6-10-19-14-15-12(2)16-17-14/h3-4,7-8H,5-6,9-10H2,1-2H3,(H,15,16,17). The molecule has 5 heteroatoms. The molecule has 102 valence electrons. The van der Waals surface area contributed by atoms with Crippen molar-refractivity contribution in [1.82, 2.24) is 15.2 Å². The van der Waals surface area contributed by atoms with Gasteiger partial charge in [-0.3, -0.25) is 5.10 Å². The highest BCUT2D eigenvalue weighted by atomic mass is 32.2. The number of thioether (sulfide) groups is 1. The van der Waals surface area contributed by atoms with Crippen LogP contribution in [0.1, 0.15) is 24.2 Å². The van der Waals surface area contributed by atoms with Crippen LogP contribution in [0.25, 0.3) is 0 Å². The Morgan fingerprint density at radius 2 is 2.05 bits per heavy atom. The van der Waals surface area contributed by atoms with Crippen molar-refractivity contribution < 1.29 is 4.74 Å². The minimum absolute atomic E-state index is 0.762. The number of unbranched alkanes of at least 4 members (excludes halogenated alkanes) is 1. The molecule has 4 nitrogen and oxygen atoms in total. The first-order valence-electron chi connectivity index (χ1n) is 6.46. The van der Waals surface area contributed by atoms with Gasteiger partial charge in [-0.2, -0.15) is 0 Å². The van der Waals surface area contributed by atoms with Crippen molar-refractivity contribution in [3.63, 3.8) is 0 Å². The zero-order valence-electron chi connectivity index (χ0n) is 11.3. The maximum Gasteiger partial charge on any atom is 0.208 e. The SMILES string of the molecule is Cc1nc(SCCCCOc2ccccc2C)n[nH]1. The van der Waals surface area contributed by atoms with Gasteiger partial charge in [0.05, 0.1) is 6.61 Å². The smallest absolute Gasteiger partial charge is 0.208 e. The highest BCUT2D eigenvalue weighted by Crippen LogP contribution is 2.17. The largest absolute Gasteiger partial charge is 0.493 e. The molecule has 1 heterocycles. The van der Waals surface area contributed by atoms with Crippen LogP contribution in [-0.4, -0.2) is 27.5 Å². The third kappa shape index (κ3) is 4.59. The molecule has 19 heavy (non-hydrogen) atoms. The molecule has 0 spiro atoms. The van der Waals surface area contributed by atoms with E-state index in [2.05, 4.69) is 28.2 Å². The first-order valence-corrected chi connectivity index (χ1v) is 7.44. The second-order valence-corrected chi connectivity index (χ2v) is 5.43. The van der Waals surface area contributed by atoms with Crippen LogP contribution in [0.2, 0.25) is 0 Å². The van der Waals surface area contributed by atoms with Gasteiger partial charge in [-0.25, -0.2) is 4.98 Å². The van der Waals surface area contributed by atoms with Crippen LogP contribution in [0.15, 0.2) is 29.4 Å². The van der Waals surface area contributed by atoms with E-state index in [1.165, 1.54) is 5.56 Å². The molecule has 0 radical (unpaired) electrons. The minimum atomic E-state index is 0.762. The number of aromatic amines is 1. The Bertz CT molecular complexity index is 513. The molecule has 1 N–H and O–H groups in total. The number of aryl methyl sites for hydroxylation is 2. The predicted molar refractivity (Wildman–Crippen MR) is 77.8 cm³/mol. The highest BCUT2D eigenvalue weighted by molar-refractivity contribution is 7.99. The third-order valence-electron chi connectivity index (χ3n) is 2.70. The normalized spacial score (nSPS) is 10.6. The number of hydrogen-bond donors (Lipinski definition) is 1. The van der Waals surface area contributed by atoms with Gasteiger partial charge in [0.1, 0.15) is 11.6 Å². The van der Waals surface area contributed by atoms with Crippen molar-refractivity contribution in [2.75, 3.05) is 12.4 Å². The van der Waals surface area contributed by atoms with E-state index in [9.17, 15) is 0 Å². The number of ether oxygens (including phenoxy) is 1. The number of aromatic nitrogens is 3. The summed E-state index contributed by atoms with van der Waals surface area (Å²) in [6, 6.07) is 8.11. The number of benzene rings is 1. The average Bonchev–Trinajstić information content (AvgIpc) is 2.81. The molecular formula is C14H19N3OS. The zero-order valence-corrected chi connectivity index (χ0v) is 12.2. The maximum atomic E-state index is 5.75. The fourth-order valence-electron chi connectivity index (χ4n) is 1.65. The Morgan fingerprint density at radius 3 is 2.79 bits per heavy atom. The number of hydrogen-bond acceptors (Lipinski definition) is 4. The van der Waals surface area contributed by atoms with E-state index in [1.54, 1.807) is 11.8 Å². The molecular weight excluding hydrogens is 258 g/mol. The average molecular weight is 277 g/mol. The summed E-state index contributed by atoms with van der Waals surface area (Å²) in [7, 11) is 0. The molecule has 2 rings (SSSR count). The summed E-state index contributed by atoms with van der Waals surface area (Å²) in [5, 5.41) is 7.76. The Morgan fingerprint density at radius 1 is 1.21 bits per heavy atom. The molecule has 1 aromatic carbocycles. The van der Waals surface area contributed by atoms with Gasteiger partial charge in [0.25, 0.3) is 0 Å². The second-order valence-electron chi connectivity index (χ2n) is 4.37. The Labute approximate surface area is 118 Å². The summed E-state index contributed by atoms with van der Waals surface area (Å²) >= 11 is 1.68. The fourth-order valence-corrected chi connectivity index (χ4v) is 2.50. The number of rotatable bonds is 7. The van der Waals surface area contributed by atoms with Crippen LogP contribution >= 0.6 is 11.8 Å². The Hall–Kier alpha value is -1.49. The van der Waals surface area contributed by atoms with Gasteiger partial charge in [0, 0.05) is 5.75 Å². The lowest BCUT2D eigenvalue weighted by atomic mass is 10.2. The van der Waals surface area contributed by atoms with Gasteiger partial charge in [-0.1, -0.05) is 30.0 Å². The van der Waals surface area contributed by atoms with Crippen molar-refractivity contribution in [3.8, 4) is 5.75 Å². The lowest BCUT2D eigenvalue weighted by molar-refractivity contribution is 0.308. The minimum Gasteiger partial charge on any atom is -0.493 e. The maximum absolute atomic E-state index is 5.75. The zero-order chi connectivity index (χ0) is 13.5. The number of para-hydroxylation sites is 1. The molecule has 0 aliphatic carbocycles. The van der Waals surface area contributed by atoms with E-state index in [0.29, 0.717) is 0 Å². The van der Waals surface area contributed by atoms with Gasteiger partial charge in [-0.05, 0) is 38.3 Å². The van der Waals surface area contributed by atoms with Crippen molar-refractivity contribution >= 4 is 11.8 Å². The van der Waals surface area contributed by atoms with Crippen molar-refractivity contribution in [3.05, 3.63) is 35.7 Å². The molecule has 0 fully saturated rings. The van der Waals surface area contributed by atoms with E-state index < -0.39 is 0 Å². The first-order chi connectivity index (χ1) is 9.25. The molecule has 0 saturated heterocycles. The predicted octanol–water partition coefficient (Wildman–Crippen LogP) is 3.37. The van der Waals surface area contributed by atoms with Crippen LogP contribution in [0, 0.1) is 13.8 Å². The molecule has 0 atom stereocenters. The number of H-pyrrole nitrogens is 1. The van der Waals surface area contributed by atoms with E-state index >= 15 is 0 Å². The summed E-state index contributed by atoms with van der Waals surface area (Å²) in [5.41, 5.74) is 1.19. The Balaban J connectivity index is 1.59. The second kappa shape index (κ2) is 7.19. The first kappa shape index (κ1) is 13.9. The van der Waals surface area contributed by atoms with Gasteiger partial charge in [0.2, 0.25) is 5.16 Å². The van der Waals surface area contributed by atoms with Gasteiger partial charge >= 0.3 is 0 Å². The summed E-state index contributed by atoms with van der Waals surface area (Å²) in [5.74, 6) is 2.87. The topological polar surface area (TPSA) is 50.8 Å². The summed E-state index contributed by atoms with van der Waals surface area (Å²) in [6.45, 7) is 4.74. The molecule has 0 saturated carbocycles. The Kier molecular flexibility index (Phi) is 5.27. The van der Waals surface area contributed by atoms with Crippen LogP contribution in [0.3, 0.4) is 0 Å². The summed E-state index contributed by atoms with van der Waals surface area (Å²) in [4.78, 5) is 4.25. The fraction of sp³-hybridized carbons (Fsp3) is 0.429. The molecule has 0 amide bonds. The lowest BCUT2D eigenvalue weighted by Crippen LogP contribution is -1.99. The third-order valence-corrected chi connectivity index (χ3v) is 3.63. The van der Waals surface area contributed by atoms with Gasteiger partial charge in [-0.15, -0.1) is 5.10 Å². The molecule has 0 bridgehead atoms. The quantitative estimate of drug-likeness (QED) is 0.622. The van der Waals surface area contributed by atoms with Gasteiger partial charge < -0.3 is 4.74 Å². The van der Waals surface area contributed by atoms with E-state index in [1.807, 2.05) is 25.1 Å². The van der Waals surface area contributed by atoms with Crippen molar-refractivity contribution in [2.45, 2.75) is 31.8 Å². The molecule has 0 unspecified atom stereocenters. The van der Waals surface area contributed by atoms with Crippen LogP contribution in [-0.2, 0) is 0 Å². The molecule has 2 aromatic rings. The number of nitrogens with zero attached hydrogens (tertiary/aromatic N) is 2.